The van der Waals surface area contributed by atoms with Crippen LogP contribution in [0.1, 0.15) is 40.1 Å². The number of nitrogens with one attached hydrogen (secondary N) is 1. The number of esters is 1. The van der Waals surface area contributed by atoms with Gasteiger partial charge in [0.25, 0.3) is 5.91 Å². The van der Waals surface area contributed by atoms with E-state index in [0.29, 0.717) is 17.1 Å². The Hall–Kier alpha value is -1.44. The summed E-state index contributed by atoms with van der Waals surface area (Å²) in [7, 11) is 1.42. The Kier molecular flexibility index (Phi) is 5.03. The molecule has 5 rings (SSSR count). The summed E-state index contributed by atoms with van der Waals surface area (Å²) in [6.45, 7) is 6.95. The van der Waals surface area contributed by atoms with E-state index in [1.165, 1.54) is 18.4 Å². The molecule has 0 aromatic carbocycles. The largest absolute Gasteiger partial charge is 0.465 e. The van der Waals surface area contributed by atoms with Gasteiger partial charge in [0.05, 0.1) is 32.3 Å². The minimum Gasteiger partial charge on any atom is -0.465 e. The molecule has 3 fully saturated rings. The van der Waals surface area contributed by atoms with E-state index in [1.807, 2.05) is 0 Å². The molecule has 4 aliphatic rings. The third kappa shape index (κ3) is 3.40. The standard InChI is InChI=1S/C19H27N3O3S/c1-25-19(24)17-14-5-3-2-4-6-15(14)26-18(17)20-16(23)13-22-10-7-21(8-11-22)9-12-22/h2-13H2,1H3/p+1. The highest BCUT2D eigenvalue weighted by atomic mass is 32.1. The number of ether oxygens (including phenoxy) is 1. The van der Waals surface area contributed by atoms with Crippen LogP contribution in [-0.2, 0) is 22.4 Å². The summed E-state index contributed by atoms with van der Waals surface area (Å²) in [5.41, 5.74) is 1.71. The molecule has 1 aromatic heterocycles. The van der Waals surface area contributed by atoms with Crippen LogP contribution in [-0.4, -0.2) is 74.2 Å². The lowest BCUT2D eigenvalue weighted by molar-refractivity contribution is -0.933. The normalized spacial score (nSPS) is 27.5. The van der Waals surface area contributed by atoms with E-state index in [9.17, 15) is 9.59 Å². The van der Waals surface area contributed by atoms with Gasteiger partial charge in [-0.25, -0.2) is 4.79 Å². The fraction of sp³-hybridized carbons (Fsp3) is 0.684. The number of methoxy groups -OCH3 is 1. The Balaban J connectivity index is 1.53. The fourth-order valence-electron chi connectivity index (χ4n) is 4.59. The zero-order valence-corrected chi connectivity index (χ0v) is 16.3. The van der Waals surface area contributed by atoms with E-state index in [4.69, 9.17) is 4.74 Å². The number of amides is 1. The molecule has 3 aliphatic heterocycles. The van der Waals surface area contributed by atoms with E-state index < -0.39 is 0 Å². The molecule has 0 unspecified atom stereocenters. The Morgan fingerprint density at radius 2 is 1.81 bits per heavy atom. The zero-order valence-electron chi connectivity index (χ0n) is 15.5. The molecule has 0 spiro atoms. The molecule has 7 heteroatoms. The van der Waals surface area contributed by atoms with Crippen LogP contribution in [0.15, 0.2) is 0 Å². The van der Waals surface area contributed by atoms with Gasteiger partial charge in [0.1, 0.15) is 5.00 Å². The van der Waals surface area contributed by atoms with Crippen molar-refractivity contribution in [1.29, 1.82) is 0 Å². The first kappa shape index (κ1) is 17.9. The van der Waals surface area contributed by atoms with Crippen LogP contribution in [0.4, 0.5) is 5.00 Å². The molecule has 1 aliphatic carbocycles. The first-order valence-electron chi connectivity index (χ1n) is 9.70. The molecule has 142 valence electrons. The Labute approximate surface area is 158 Å². The molecule has 3 saturated heterocycles. The van der Waals surface area contributed by atoms with Gasteiger partial charge in [0.15, 0.2) is 6.54 Å². The van der Waals surface area contributed by atoms with E-state index in [2.05, 4.69) is 10.2 Å². The van der Waals surface area contributed by atoms with Crippen molar-refractivity contribution in [2.45, 2.75) is 32.1 Å². The molecule has 2 bridgehead atoms. The zero-order chi connectivity index (χ0) is 18.1. The van der Waals surface area contributed by atoms with Gasteiger partial charge in [-0.05, 0) is 31.2 Å². The van der Waals surface area contributed by atoms with Crippen molar-refractivity contribution in [3.8, 4) is 0 Å². The number of rotatable bonds is 4. The number of carbonyl (C=O) groups is 2. The van der Waals surface area contributed by atoms with Crippen molar-refractivity contribution in [2.24, 2.45) is 0 Å². The van der Waals surface area contributed by atoms with Crippen LogP contribution in [0.2, 0.25) is 0 Å². The van der Waals surface area contributed by atoms with Crippen LogP contribution in [0.3, 0.4) is 0 Å². The van der Waals surface area contributed by atoms with E-state index in [-0.39, 0.29) is 11.9 Å². The molecular formula is C19H28N3O3S+. The van der Waals surface area contributed by atoms with Gasteiger partial charge >= 0.3 is 5.97 Å². The number of piperazine rings is 3. The molecule has 0 atom stereocenters. The number of thiophene rings is 1. The van der Waals surface area contributed by atoms with Gasteiger partial charge in [-0.2, -0.15) is 0 Å². The lowest BCUT2D eigenvalue weighted by Gasteiger charge is -2.50. The van der Waals surface area contributed by atoms with E-state index >= 15 is 0 Å². The number of fused-ring (bicyclic) bond motifs is 4. The molecule has 0 radical (unpaired) electrons. The molecule has 4 heterocycles. The highest BCUT2D eigenvalue weighted by Crippen LogP contribution is 2.38. The maximum absolute atomic E-state index is 12.8. The van der Waals surface area contributed by atoms with Crippen molar-refractivity contribution in [2.75, 3.05) is 58.2 Å². The number of carbonyl (C=O) groups excluding carboxylic acids is 2. The summed E-state index contributed by atoms with van der Waals surface area (Å²) < 4.78 is 5.92. The molecule has 6 nitrogen and oxygen atoms in total. The van der Waals surface area contributed by atoms with Crippen molar-refractivity contribution < 1.29 is 18.8 Å². The van der Waals surface area contributed by atoms with Gasteiger partial charge in [0.2, 0.25) is 0 Å². The minimum atomic E-state index is -0.321. The predicted molar refractivity (Wildman–Crippen MR) is 102 cm³/mol. The molecular weight excluding hydrogens is 350 g/mol. The Bertz CT molecular complexity index is 693. The highest BCUT2D eigenvalue weighted by Gasteiger charge is 2.40. The number of hydrogen-bond acceptors (Lipinski definition) is 5. The lowest BCUT2D eigenvalue weighted by atomic mass is 10.1. The third-order valence-corrected chi connectivity index (χ3v) is 7.42. The summed E-state index contributed by atoms with van der Waals surface area (Å²) in [6, 6.07) is 0. The maximum atomic E-state index is 12.8. The quantitative estimate of drug-likeness (QED) is 0.494. The smallest absolute Gasteiger partial charge is 0.341 e. The summed E-state index contributed by atoms with van der Waals surface area (Å²) >= 11 is 1.58. The number of anilines is 1. The SMILES string of the molecule is COC(=O)c1c(NC(=O)C[N+]23CCN(CC2)CC3)sc2c1CCCCC2. The number of aryl methyl sites for hydroxylation is 1. The van der Waals surface area contributed by atoms with Gasteiger partial charge in [-0.3, -0.25) is 9.69 Å². The minimum absolute atomic E-state index is 0.0295. The molecule has 1 amide bonds. The first-order chi connectivity index (χ1) is 12.6. The Morgan fingerprint density at radius 3 is 2.50 bits per heavy atom. The molecule has 1 N–H and O–H groups in total. The van der Waals surface area contributed by atoms with Crippen molar-refractivity contribution >= 4 is 28.2 Å². The van der Waals surface area contributed by atoms with Gasteiger partial charge in [-0.1, -0.05) is 6.42 Å². The van der Waals surface area contributed by atoms with Crippen molar-refractivity contribution in [3.63, 3.8) is 0 Å². The number of hydrogen-bond donors (Lipinski definition) is 1. The van der Waals surface area contributed by atoms with Crippen LogP contribution >= 0.6 is 11.3 Å². The second kappa shape index (κ2) is 7.29. The summed E-state index contributed by atoms with van der Waals surface area (Å²) in [5.74, 6) is -0.291. The summed E-state index contributed by atoms with van der Waals surface area (Å²) in [6.07, 6.45) is 5.34. The maximum Gasteiger partial charge on any atom is 0.341 e. The number of quaternary nitrogens is 1. The van der Waals surface area contributed by atoms with Crippen LogP contribution in [0, 0.1) is 0 Å². The third-order valence-electron chi connectivity index (χ3n) is 6.21. The second-order valence-corrected chi connectivity index (χ2v) is 8.93. The van der Waals surface area contributed by atoms with Crippen LogP contribution in [0.25, 0.3) is 0 Å². The average Bonchev–Trinajstić information content (AvgIpc) is 2.83. The molecule has 26 heavy (non-hydrogen) atoms. The number of nitrogens with zero attached hydrogens (tertiary/aromatic N) is 2. The topological polar surface area (TPSA) is 58.6 Å². The second-order valence-electron chi connectivity index (χ2n) is 7.82. The first-order valence-corrected chi connectivity index (χ1v) is 10.5. The fourth-order valence-corrected chi connectivity index (χ4v) is 5.88. The van der Waals surface area contributed by atoms with Crippen molar-refractivity contribution in [3.05, 3.63) is 16.0 Å². The van der Waals surface area contributed by atoms with Gasteiger partial charge in [-0.15, -0.1) is 11.3 Å². The van der Waals surface area contributed by atoms with Gasteiger partial charge < -0.3 is 14.5 Å². The Morgan fingerprint density at radius 1 is 1.12 bits per heavy atom. The van der Waals surface area contributed by atoms with Crippen LogP contribution < -0.4 is 5.32 Å². The highest BCUT2D eigenvalue weighted by molar-refractivity contribution is 7.17. The predicted octanol–water partition coefficient (Wildman–Crippen LogP) is 1.89. The monoisotopic (exact) mass is 378 g/mol. The van der Waals surface area contributed by atoms with Gasteiger partial charge in [0, 0.05) is 24.5 Å². The van der Waals surface area contributed by atoms with E-state index in [1.54, 1.807) is 11.3 Å². The summed E-state index contributed by atoms with van der Waals surface area (Å²) in [4.78, 5) is 28.9. The molecule has 1 aromatic rings. The molecule has 0 saturated carbocycles. The van der Waals surface area contributed by atoms with Crippen molar-refractivity contribution in [1.82, 2.24) is 4.90 Å². The average molecular weight is 379 g/mol. The lowest BCUT2D eigenvalue weighted by Crippen LogP contribution is -2.68. The summed E-state index contributed by atoms with van der Waals surface area (Å²) in [5, 5.41) is 3.77. The van der Waals surface area contributed by atoms with Crippen LogP contribution in [0.5, 0.6) is 0 Å². The van der Waals surface area contributed by atoms with E-state index in [0.717, 1.165) is 75.0 Å².